The van der Waals surface area contributed by atoms with Crippen LogP contribution in [0.5, 0.6) is 0 Å². The molecule has 2 heteroatoms. The monoisotopic (exact) mass is 345 g/mol. The maximum absolute atomic E-state index is 5.12. The molecule has 1 aliphatic rings. The molecule has 5 aromatic rings. The lowest BCUT2D eigenvalue weighted by molar-refractivity contribution is -0.632. The van der Waals surface area contributed by atoms with Crippen LogP contribution in [-0.2, 0) is 7.05 Å². The summed E-state index contributed by atoms with van der Waals surface area (Å²) in [5, 5.41) is 3.81. The largest absolute Gasteiger partial charge is 0.247 e. The highest BCUT2D eigenvalue weighted by atomic mass is 15.0. The van der Waals surface area contributed by atoms with Crippen LogP contribution in [0.3, 0.4) is 0 Å². The Morgan fingerprint density at radius 2 is 1.41 bits per heavy atom. The van der Waals surface area contributed by atoms with E-state index in [1.807, 2.05) is 6.07 Å². The molecule has 2 nitrogen and oxygen atoms in total. The fraction of sp³-hybridized carbons (Fsp3) is 0.0400. The van der Waals surface area contributed by atoms with E-state index in [0.717, 1.165) is 17.0 Å². The molecule has 6 rings (SSSR count). The molecule has 2 aromatic heterocycles. The number of aryl methyl sites for hydroxylation is 1. The molecule has 0 fully saturated rings. The Kier molecular flexibility index (Phi) is 2.84. The van der Waals surface area contributed by atoms with Gasteiger partial charge in [-0.3, -0.25) is 0 Å². The van der Waals surface area contributed by atoms with Crippen LogP contribution in [0.25, 0.3) is 55.4 Å². The van der Waals surface area contributed by atoms with Crippen molar-refractivity contribution in [1.82, 2.24) is 4.98 Å². The number of para-hydroxylation sites is 1. The molecular formula is C25H17N2+. The summed E-state index contributed by atoms with van der Waals surface area (Å²) in [6.07, 6.45) is 0. The van der Waals surface area contributed by atoms with Gasteiger partial charge in [0.15, 0.2) is 0 Å². The highest BCUT2D eigenvalue weighted by molar-refractivity contribution is 6.19. The molecule has 126 valence electrons. The van der Waals surface area contributed by atoms with Crippen molar-refractivity contribution < 1.29 is 4.57 Å². The van der Waals surface area contributed by atoms with Gasteiger partial charge in [0.2, 0.25) is 11.2 Å². The van der Waals surface area contributed by atoms with Gasteiger partial charge in [-0.1, -0.05) is 60.7 Å². The van der Waals surface area contributed by atoms with Crippen LogP contribution in [0.4, 0.5) is 0 Å². The molecule has 27 heavy (non-hydrogen) atoms. The molecule has 1 aliphatic carbocycles. The molecule has 0 unspecified atom stereocenters. The van der Waals surface area contributed by atoms with E-state index in [9.17, 15) is 0 Å². The molecule has 0 amide bonds. The lowest BCUT2D eigenvalue weighted by Gasteiger charge is -2.09. The van der Waals surface area contributed by atoms with Crippen LogP contribution in [0.2, 0.25) is 0 Å². The summed E-state index contributed by atoms with van der Waals surface area (Å²) in [6.45, 7) is 0. The van der Waals surface area contributed by atoms with Gasteiger partial charge in [-0.15, -0.1) is 0 Å². The molecule has 2 heterocycles. The second-order valence-electron chi connectivity index (χ2n) is 7.12. The molecule has 3 aromatic carbocycles. The first-order valence-electron chi connectivity index (χ1n) is 9.23. The zero-order valence-electron chi connectivity index (χ0n) is 15.0. The van der Waals surface area contributed by atoms with Crippen molar-refractivity contribution in [2.45, 2.75) is 0 Å². The third-order valence-electron chi connectivity index (χ3n) is 5.65. The Labute approximate surface area is 157 Å². The van der Waals surface area contributed by atoms with Gasteiger partial charge in [0.25, 0.3) is 0 Å². The van der Waals surface area contributed by atoms with E-state index >= 15 is 0 Å². The number of rotatable bonds is 1. The minimum Gasteiger partial charge on any atom is -0.247 e. The Balaban J connectivity index is 1.87. The zero-order chi connectivity index (χ0) is 18.0. The van der Waals surface area contributed by atoms with Gasteiger partial charge in [0, 0.05) is 22.6 Å². The standard InChI is InChI=1S/C25H17N2/c1-27-22-14-8-7-11-17(22)20-15-21(16-9-3-2-4-10-16)26-24-18-12-5-6-13-19(18)25(27)23(20)24/h2-15H,1H3/q+1. The van der Waals surface area contributed by atoms with E-state index in [2.05, 4.69) is 90.5 Å². The van der Waals surface area contributed by atoms with Crippen molar-refractivity contribution >= 4 is 21.7 Å². The molecule has 0 N–H and O–H groups in total. The summed E-state index contributed by atoms with van der Waals surface area (Å²) in [4.78, 5) is 5.12. The number of aromatic nitrogens is 2. The third kappa shape index (κ3) is 1.90. The molecular weight excluding hydrogens is 328 g/mol. The quantitative estimate of drug-likeness (QED) is 0.283. The van der Waals surface area contributed by atoms with Crippen molar-refractivity contribution in [3.05, 3.63) is 84.9 Å². The summed E-state index contributed by atoms with van der Waals surface area (Å²) in [5.41, 5.74) is 8.27. The normalized spacial score (nSPS) is 11.9. The summed E-state index contributed by atoms with van der Waals surface area (Å²) >= 11 is 0. The average Bonchev–Trinajstić information content (AvgIpc) is 3.08. The maximum atomic E-state index is 5.12. The topological polar surface area (TPSA) is 16.8 Å². The highest BCUT2D eigenvalue weighted by Crippen LogP contribution is 2.46. The number of benzene rings is 3. The third-order valence-corrected chi connectivity index (χ3v) is 5.65. The van der Waals surface area contributed by atoms with E-state index < -0.39 is 0 Å². The van der Waals surface area contributed by atoms with E-state index in [1.165, 1.54) is 38.5 Å². The van der Waals surface area contributed by atoms with Crippen LogP contribution in [0.15, 0.2) is 84.9 Å². The van der Waals surface area contributed by atoms with Crippen LogP contribution >= 0.6 is 0 Å². The second kappa shape index (κ2) is 5.24. The smallest absolute Gasteiger partial charge is 0.223 e. The van der Waals surface area contributed by atoms with Crippen molar-refractivity contribution in [3.63, 3.8) is 0 Å². The summed E-state index contributed by atoms with van der Waals surface area (Å²) in [7, 11) is 2.16. The van der Waals surface area contributed by atoms with Crippen molar-refractivity contribution in [2.75, 3.05) is 0 Å². The van der Waals surface area contributed by atoms with Gasteiger partial charge >= 0.3 is 0 Å². The Hall–Kier alpha value is -3.52. The Morgan fingerprint density at radius 3 is 2.26 bits per heavy atom. The van der Waals surface area contributed by atoms with E-state index in [1.54, 1.807) is 0 Å². The van der Waals surface area contributed by atoms with E-state index in [-0.39, 0.29) is 0 Å². The molecule has 0 spiro atoms. The zero-order valence-corrected chi connectivity index (χ0v) is 15.0. The SMILES string of the molecule is C[n+]1c2c3c(nc(-c4ccccc4)cc3c3ccccc31)-c1ccccc1-2. The number of pyridine rings is 2. The molecule has 0 saturated heterocycles. The van der Waals surface area contributed by atoms with Gasteiger partial charge < -0.3 is 0 Å². The van der Waals surface area contributed by atoms with Crippen LogP contribution in [-0.4, -0.2) is 4.98 Å². The molecule has 0 saturated carbocycles. The fourth-order valence-electron chi connectivity index (χ4n) is 4.44. The predicted octanol–water partition coefficient (Wildman–Crippen LogP) is 5.53. The predicted molar refractivity (Wildman–Crippen MR) is 110 cm³/mol. The van der Waals surface area contributed by atoms with Crippen LogP contribution in [0, 0.1) is 0 Å². The maximum Gasteiger partial charge on any atom is 0.223 e. The minimum atomic E-state index is 1.03. The Bertz CT molecular complexity index is 1370. The first kappa shape index (κ1) is 14.6. The van der Waals surface area contributed by atoms with Gasteiger partial charge in [0.05, 0.1) is 27.7 Å². The second-order valence-corrected chi connectivity index (χ2v) is 7.12. The summed E-state index contributed by atoms with van der Waals surface area (Å²) < 4.78 is 2.32. The fourth-order valence-corrected chi connectivity index (χ4v) is 4.44. The Morgan fingerprint density at radius 1 is 0.704 bits per heavy atom. The van der Waals surface area contributed by atoms with Crippen molar-refractivity contribution in [1.29, 1.82) is 0 Å². The average molecular weight is 345 g/mol. The highest BCUT2D eigenvalue weighted by Gasteiger charge is 2.32. The first-order valence-corrected chi connectivity index (χ1v) is 9.23. The summed E-state index contributed by atoms with van der Waals surface area (Å²) in [5.74, 6) is 0. The van der Waals surface area contributed by atoms with Gasteiger partial charge in [-0.05, 0) is 18.2 Å². The van der Waals surface area contributed by atoms with Crippen molar-refractivity contribution in [3.8, 4) is 33.8 Å². The molecule has 0 radical (unpaired) electrons. The lowest BCUT2D eigenvalue weighted by atomic mass is 10.0. The van der Waals surface area contributed by atoms with E-state index in [0.29, 0.717) is 0 Å². The van der Waals surface area contributed by atoms with E-state index in [4.69, 9.17) is 4.98 Å². The minimum absolute atomic E-state index is 1.03. The molecule has 0 atom stereocenters. The number of hydrogen-bond donors (Lipinski definition) is 0. The summed E-state index contributed by atoms with van der Waals surface area (Å²) in [6, 6.07) is 30.0. The number of nitrogens with zero attached hydrogens (tertiary/aromatic N) is 2. The molecule has 0 aliphatic heterocycles. The van der Waals surface area contributed by atoms with Crippen LogP contribution in [0.1, 0.15) is 0 Å². The van der Waals surface area contributed by atoms with Gasteiger partial charge in [-0.25, -0.2) is 4.98 Å². The van der Waals surface area contributed by atoms with Crippen molar-refractivity contribution in [2.24, 2.45) is 7.05 Å². The molecule has 0 bridgehead atoms. The van der Waals surface area contributed by atoms with Gasteiger partial charge in [-0.2, -0.15) is 4.57 Å². The van der Waals surface area contributed by atoms with Gasteiger partial charge in [0.1, 0.15) is 7.05 Å². The van der Waals surface area contributed by atoms with Crippen LogP contribution < -0.4 is 4.57 Å². The number of hydrogen-bond acceptors (Lipinski definition) is 1. The lowest BCUT2D eigenvalue weighted by Crippen LogP contribution is -2.31. The first-order chi connectivity index (χ1) is 13.3. The number of fused-ring (bicyclic) bond motifs is 5.